The Bertz CT molecular complexity index is 618. The van der Waals surface area contributed by atoms with Crippen LogP contribution in [-0.2, 0) is 4.79 Å². The van der Waals surface area contributed by atoms with Gasteiger partial charge in [-0.2, -0.15) is 0 Å². The Morgan fingerprint density at radius 3 is 2.86 bits per heavy atom. The van der Waals surface area contributed by atoms with Crippen LogP contribution < -0.4 is 0 Å². The van der Waals surface area contributed by atoms with Crippen LogP contribution in [0.1, 0.15) is 26.7 Å². The molecule has 0 saturated carbocycles. The molecular weight excluding hydrogens is 302 g/mol. The first-order valence-corrected chi connectivity index (χ1v) is 8.34. The van der Waals surface area contributed by atoms with Crippen molar-refractivity contribution in [3.05, 3.63) is 18.4 Å². The van der Waals surface area contributed by atoms with E-state index in [0.717, 1.165) is 25.9 Å². The summed E-state index contributed by atoms with van der Waals surface area (Å²) in [4.78, 5) is 14.4. The minimum atomic E-state index is -0.238. The molecule has 1 fully saturated rings. The second-order valence-corrected chi connectivity index (χ2v) is 6.91. The Morgan fingerprint density at radius 2 is 2.18 bits per heavy atom. The molecule has 2 aromatic rings. The minimum Gasteiger partial charge on any atom is -0.459 e. The van der Waals surface area contributed by atoms with E-state index in [-0.39, 0.29) is 11.2 Å². The Morgan fingerprint density at radius 1 is 1.41 bits per heavy atom. The fraction of sp³-hybridized carbons (Fsp3) is 0.533. The van der Waals surface area contributed by atoms with E-state index < -0.39 is 0 Å². The maximum Gasteiger partial charge on any atom is 0.284 e. The highest BCUT2D eigenvalue weighted by molar-refractivity contribution is 8.00. The SMILES string of the molecule is CC1CCN(C(=O)C(C)Sc2nnc(-c3ccco3)o2)CC1. The van der Waals surface area contributed by atoms with Crippen LogP contribution in [0.3, 0.4) is 0 Å². The number of piperidine rings is 1. The number of thioether (sulfide) groups is 1. The van der Waals surface area contributed by atoms with Crippen LogP contribution in [0.15, 0.2) is 32.5 Å². The largest absolute Gasteiger partial charge is 0.459 e. The number of nitrogens with zero attached hydrogens (tertiary/aromatic N) is 3. The third kappa shape index (κ3) is 3.35. The van der Waals surface area contributed by atoms with Crippen molar-refractivity contribution in [3.63, 3.8) is 0 Å². The maximum atomic E-state index is 12.4. The summed E-state index contributed by atoms with van der Waals surface area (Å²) >= 11 is 1.29. The highest BCUT2D eigenvalue weighted by Gasteiger charge is 2.26. The second kappa shape index (κ2) is 6.56. The van der Waals surface area contributed by atoms with Gasteiger partial charge in [0.2, 0.25) is 5.91 Å². The van der Waals surface area contributed by atoms with Gasteiger partial charge in [-0.25, -0.2) is 0 Å². The molecule has 6 nitrogen and oxygen atoms in total. The standard InChI is InChI=1S/C15H19N3O3S/c1-10-5-7-18(8-6-10)14(19)11(2)22-15-17-16-13(21-15)12-4-3-9-20-12/h3-4,9-11H,5-8H2,1-2H3. The first-order chi connectivity index (χ1) is 10.6. The zero-order valence-corrected chi connectivity index (χ0v) is 13.5. The Hall–Kier alpha value is -1.76. The maximum absolute atomic E-state index is 12.4. The third-order valence-corrected chi connectivity index (χ3v) is 4.78. The van der Waals surface area contributed by atoms with E-state index in [1.165, 1.54) is 11.8 Å². The number of furan rings is 1. The molecule has 7 heteroatoms. The topological polar surface area (TPSA) is 72.4 Å². The summed E-state index contributed by atoms with van der Waals surface area (Å²) in [6, 6.07) is 3.52. The molecular formula is C15H19N3O3S. The van der Waals surface area contributed by atoms with Gasteiger partial charge in [0.15, 0.2) is 5.76 Å². The van der Waals surface area contributed by atoms with Gasteiger partial charge in [-0.15, -0.1) is 10.2 Å². The van der Waals surface area contributed by atoms with Crippen molar-refractivity contribution in [1.82, 2.24) is 15.1 Å². The van der Waals surface area contributed by atoms with Crippen molar-refractivity contribution in [2.45, 2.75) is 37.2 Å². The van der Waals surface area contributed by atoms with Crippen molar-refractivity contribution in [2.24, 2.45) is 5.92 Å². The van der Waals surface area contributed by atoms with E-state index in [1.54, 1.807) is 18.4 Å². The van der Waals surface area contributed by atoms with E-state index in [1.807, 2.05) is 11.8 Å². The molecule has 0 spiro atoms. The zero-order valence-electron chi connectivity index (χ0n) is 12.7. The van der Waals surface area contributed by atoms with E-state index in [0.29, 0.717) is 22.8 Å². The molecule has 2 aromatic heterocycles. The van der Waals surface area contributed by atoms with Crippen LogP contribution in [0.25, 0.3) is 11.7 Å². The smallest absolute Gasteiger partial charge is 0.284 e. The lowest BCUT2D eigenvalue weighted by molar-refractivity contribution is -0.131. The summed E-state index contributed by atoms with van der Waals surface area (Å²) in [6.07, 6.45) is 3.70. The first kappa shape index (κ1) is 15.1. The van der Waals surface area contributed by atoms with Gasteiger partial charge >= 0.3 is 0 Å². The van der Waals surface area contributed by atoms with Gasteiger partial charge in [-0.05, 0) is 37.8 Å². The van der Waals surface area contributed by atoms with Crippen LogP contribution >= 0.6 is 11.8 Å². The zero-order chi connectivity index (χ0) is 15.5. The van der Waals surface area contributed by atoms with E-state index in [4.69, 9.17) is 8.83 Å². The molecule has 0 aromatic carbocycles. The number of hydrogen-bond acceptors (Lipinski definition) is 6. The van der Waals surface area contributed by atoms with Crippen LogP contribution in [0, 0.1) is 5.92 Å². The summed E-state index contributed by atoms with van der Waals surface area (Å²) in [5.74, 6) is 1.70. The lowest BCUT2D eigenvalue weighted by Gasteiger charge is -2.31. The molecule has 3 rings (SSSR count). The number of aromatic nitrogens is 2. The molecule has 0 aliphatic carbocycles. The average Bonchev–Trinajstić information content (AvgIpc) is 3.18. The molecule has 118 valence electrons. The summed E-state index contributed by atoms with van der Waals surface area (Å²) in [7, 11) is 0. The van der Waals surface area contributed by atoms with Crippen molar-refractivity contribution in [1.29, 1.82) is 0 Å². The van der Waals surface area contributed by atoms with E-state index in [9.17, 15) is 4.79 Å². The predicted molar refractivity (Wildman–Crippen MR) is 82.3 cm³/mol. The molecule has 0 bridgehead atoms. The molecule has 22 heavy (non-hydrogen) atoms. The summed E-state index contributed by atoms with van der Waals surface area (Å²) in [5.41, 5.74) is 0. The summed E-state index contributed by atoms with van der Waals surface area (Å²) in [5, 5.41) is 8.05. The Kier molecular flexibility index (Phi) is 4.52. The van der Waals surface area contributed by atoms with Gasteiger partial charge in [0.05, 0.1) is 11.5 Å². The third-order valence-electron chi connectivity index (χ3n) is 3.86. The lowest BCUT2D eigenvalue weighted by atomic mass is 9.99. The number of carbonyl (C=O) groups excluding carboxylic acids is 1. The quantitative estimate of drug-likeness (QED) is 0.806. The number of amides is 1. The molecule has 0 radical (unpaired) electrons. The van der Waals surface area contributed by atoms with Crippen LogP contribution in [0.2, 0.25) is 0 Å². The molecule has 1 unspecified atom stereocenters. The fourth-order valence-electron chi connectivity index (χ4n) is 2.44. The van der Waals surface area contributed by atoms with Crippen molar-refractivity contribution in [3.8, 4) is 11.7 Å². The monoisotopic (exact) mass is 321 g/mol. The Labute approximate surface area is 133 Å². The number of carbonyl (C=O) groups is 1. The van der Waals surface area contributed by atoms with Crippen molar-refractivity contribution >= 4 is 17.7 Å². The molecule has 3 heterocycles. The van der Waals surface area contributed by atoms with Crippen molar-refractivity contribution < 1.29 is 13.6 Å². The van der Waals surface area contributed by atoms with Gasteiger partial charge in [-0.3, -0.25) is 4.79 Å². The highest BCUT2D eigenvalue weighted by atomic mass is 32.2. The normalized spacial score (nSPS) is 17.6. The molecule has 1 aliphatic rings. The molecule has 0 N–H and O–H groups in total. The number of hydrogen-bond donors (Lipinski definition) is 0. The average molecular weight is 321 g/mol. The Balaban J connectivity index is 1.59. The summed E-state index contributed by atoms with van der Waals surface area (Å²) in [6.45, 7) is 5.79. The van der Waals surface area contributed by atoms with Crippen molar-refractivity contribution in [2.75, 3.05) is 13.1 Å². The molecule has 1 atom stereocenters. The molecule has 1 aliphatic heterocycles. The van der Waals surface area contributed by atoms with Crippen LogP contribution in [0.5, 0.6) is 0 Å². The van der Waals surface area contributed by atoms with Gasteiger partial charge in [0.25, 0.3) is 11.1 Å². The molecule has 1 amide bonds. The van der Waals surface area contributed by atoms with E-state index in [2.05, 4.69) is 17.1 Å². The van der Waals surface area contributed by atoms with Crippen LogP contribution in [0.4, 0.5) is 0 Å². The van der Waals surface area contributed by atoms with Crippen LogP contribution in [-0.4, -0.2) is 39.3 Å². The van der Waals surface area contributed by atoms with Gasteiger partial charge < -0.3 is 13.7 Å². The number of likely N-dealkylation sites (tertiary alicyclic amines) is 1. The van der Waals surface area contributed by atoms with Gasteiger partial charge in [0.1, 0.15) is 0 Å². The van der Waals surface area contributed by atoms with E-state index >= 15 is 0 Å². The second-order valence-electron chi connectivity index (χ2n) is 5.62. The van der Waals surface area contributed by atoms with Gasteiger partial charge in [0, 0.05) is 13.1 Å². The van der Waals surface area contributed by atoms with Gasteiger partial charge in [-0.1, -0.05) is 18.7 Å². The summed E-state index contributed by atoms with van der Waals surface area (Å²) < 4.78 is 10.7. The number of rotatable bonds is 4. The first-order valence-electron chi connectivity index (χ1n) is 7.46. The predicted octanol–water partition coefficient (Wildman–Crippen LogP) is 3.07. The highest BCUT2D eigenvalue weighted by Crippen LogP contribution is 2.28. The fourth-order valence-corrected chi connectivity index (χ4v) is 3.21. The minimum absolute atomic E-state index is 0.134. The molecule has 1 saturated heterocycles. The lowest BCUT2D eigenvalue weighted by Crippen LogP contribution is -2.41.